The number of aromatic carboxylic acids is 1. The lowest BCUT2D eigenvalue weighted by molar-refractivity contribution is -0.385. The van der Waals surface area contributed by atoms with E-state index in [4.69, 9.17) is 5.11 Å². The summed E-state index contributed by atoms with van der Waals surface area (Å²) < 4.78 is 0. The van der Waals surface area contributed by atoms with Crippen molar-refractivity contribution in [1.82, 2.24) is 4.98 Å². The number of hydrogen-bond acceptors (Lipinski definition) is 5. The number of carbonyl (C=O) groups is 1. The second-order valence-electron chi connectivity index (χ2n) is 4.33. The molecule has 0 amide bonds. The van der Waals surface area contributed by atoms with E-state index in [1.165, 1.54) is 6.07 Å². The topological polar surface area (TPSA) is 105 Å². The Morgan fingerprint density at radius 3 is 2.76 bits per heavy atom. The van der Waals surface area contributed by atoms with Gasteiger partial charge in [0, 0.05) is 11.6 Å². The molecule has 0 saturated heterocycles. The van der Waals surface area contributed by atoms with Crippen LogP contribution in [0.1, 0.15) is 30.1 Å². The third-order valence-corrected chi connectivity index (χ3v) is 2.74. The van der Waals surface area contributed by atoms with Crippen molar-refractivity contribution in [2.75, 3.05) is 5.32 Å². The first kappa shape index (κ1) is 11.3. The molecule has 2 N–H and O–H groups in total. The lowest BCUT2D eigenvalue weighted by Gasteiger charge is -2.12. The summed E-state index contributed by atoms with van der Waals surface area (Å²) in [6.45, 7) is 1.98. The Morgan fingerprint density at radius 2 is 2.29 bits per heavy atom. The molecule has 1 saturated carbocycles. The SMILES string of the molecule is CC1(Nc2cc(C(=O)O)c([N+](=O)[O-])cn2)CC1. The highest BCUT2D eigenvalue weighted by Crippen LogP contribution is 2.38. The van der Waals surface area contributed by atoms with E-state index in [1.807, 2.05) is 6.92 Å². The first-order valence-corrected chi connectivity index (χ1v) is 5.07. The van der Waals surface area contributed by atoms with Crippen molar-refractivity contribution in [3.8, 4) is 0 Å². The number of carboxylic acids is 1. The maximum atomic E-state index is 10.9. The van der Waals surface area contributed by atoms with Crippen molar-refractivity contribution in [3.05, 3.63) is 27.9 Å². The van der Waals surface area contributed by atoms with Crippen molar-refractivity contribution in [1.29, 1.82) is 0 Å². The molecule has 1 aromatic rings. The molecule has 0 unspecified atom stereocenters. The number of anilines is 1. The van der Waals surface area contributed by atoms with Crippen LogP contribution in [0, 0.1) is 10.1 Å². The van der Waals surface area contributed by atoms with Crippen LogP contribution in [0.5, 0.6) is 0 Å². The van der Waals surface area contributed by atoms with Gasteiger partial charge in [-0.3, -0.25) is 10.1 Å². The van der Waals surface area contributed by atoms with Crippen molar-refractivity contribution < 1.29 is 14.8 Å². The zero-order valence-corrected chi connectivity index (χ0v) is 9.14. The molecule has 1 aliphatic rings. The molecule has 2 rings (SSSR count). The fourth-order valence-electron chi connectivity index (χ4n) is 1.45. The molecule has 7 nitrogen and oxygen atoms in total. The minimum atomic E-state index is -1.33. The lowest BCUT2D eigenvalue weighted by Crippen LogP contribution is -2.17. The highest BCUT2D eigenvalue weighted by atomic mass is 16.6. The van der Waals surface area contributed by atoms with Crippen molar-refractivity contribution in [2.45, 2.75) is 25.3 Å². The molecular weight excluding hydrogens is 226 g/mol. The summed E-state index contributed by atoms with van der Waals surface area (Å²) in [6, 6.07) is 1.20. The molecule has 0 spiro atoms. The number of rotatable bonds is 4. The van der Waals surface area contributed by atoms with Gasteiger partial charge in [0.25, 0.3) is 0 Å². The number of aromatic nitrogens is 1. The molecule has 0 aromatic carbocycles. The van der Waals surface area contributed by atoms with E-state index in [1.54, 1.807) is 0 Å². The molecule has 1 heterocycles. The summed E-state index contributed by atoms with van der Waals surface area (Å²) in [5.74, 6) is -0.976. The summed E-state index contributed by atoms with van der Waals surface area (Å²) in [4.78, 5) is 24.6. The van der Waals surface area contributed by atoms with Crippen LogP contribution in [0.2, 0.25) is 0 Å². The first-order chi connectivity index (χ1) is 7.91. The smallest absolute Gasteiger partial charge is 0.342 e. The average molecular weight is 237 g/mol. The summed E-state index contributed by atoms with van der Waals surface area (Å²) in [5.41, 5.74) is -0.903. The van der Waals surface area contributed by atoms with Crippen molar-refractivity contribution >= 4 is 17.5 Å². The van der Waals surface area contributed by atoms with Crippen LogP contribution in [0.15, 0.2) is 12.3 Å². The number of nitro groups is 1. The number of pyridine rings is 1. The normalized spacial score (nSPS) is 16.3. The van der Waals surface area contributed by atoms with Gasteiger partial charge >= 0.3 is 11.7 Å². The van der Waals surface area contributed by atoms with Gasteiger partial charge in [0.1, 0.15) is 17.6 Å². The van der Waals surface area contributed by atoms with E-state index in [2.05, 4.69) is 10.3 Å². The number of hydrogen-bond donors (Lipinski definition) is 2. The second kappa shape index (κ2) is 3.69. The predicted octanol–water partition coefficient (Wildman–Crippen LogP) is 1.65. The number of carboxylic acid groups (broad SMARTS) is 1. The van der Waals surface area contributed by atoms with Gasteiger partial charge in [-0.2, -0.15) is 0 Å². The van der Waals surface area contributed by atoms with E-state index in [0.29, 0.717) is 5.82 Å². The van der Waals surface area contributed by atoms with Gasteiger partial charge in [-0.25, -0.2) is 9.78 Å². The molecule has 0 bridgehead atoms. The van der Waals surface area contributed by atoms with E-state index >= 15 is 0 Å². The van der Waals surface area contributed by atoms with E-state index in [-0.39, 0.29) is 11.1 Å². The van der Waals surface area contributed by atoms with Crippen LogP contribution < -0.4 is 5.32 Å². The zero-order valence-electron chi connectivity index (χ0n) is 9.14. The largest absolute Gasteiger partial charge is 0.477 e. The summed E-state index contributed by atoms with van der Waals surface area (Å²) in [5, 5.41) is 22.6. The minimum Gasteiger partial charge on any atom is -0.477 e. The van der Waals surface area contributed by atoms with Gasteiger partial charge in [-0.05, 0) is 19.8 Å². The Hall–Kier alpha value is -2.18. The van der Waals surface area contributed by atoms with Crippen LogP contribution in [0.3, 0.4) is 0 Å². The highest BCUT2D eigenvalue weighted by molar-refractivity contribution is 5.93. The van der Waals surface area contributed by atoms with Crippen LogP contribution in [-0.2, 0) is 0 Å². The fourth-order valence-corrected chi connectivity index (χ4v) is 1.45. The molecule has 90 valence electrons. The van der Waals surface area contributed by atoms with Gasteiger partial charge in [-0.1, -0.05) is 0 Å². The molecule has 17 heavy (non-hydrogen) atoms. The lowest BCUT2D eigenvalue weighted by atomic mass is 10.2. The van der Waals surface area contributed by atoms with Crippen LogP contribution in [-0.4, -0.2) is 26.5 Å². The predicted molar refractivity (Wildman–Crippen MR) is 59.1 cm³/mol. The molecule has 1 fully saturated rings. The molecule has 0 aliphatic heterocycles. The number of nitrogens with zero attached hydrogens (tertiary/aromatic N) is 2. The standard InChI is InChI=1S/C10H11N3O4/c1-10(2-3-10)12-8-4-6(9(14)15)7(5-11-8)13(16)17/h4-5H,2-3H2,1H3,(H,11,12)(H,14,15). The van der Waals surface area contributed by atoms with Crippen LogP contribution in [0.4, 0.5) is 11.5 Å². The maximum Gasteiger partial charge on any atom is 0.342 e. The second-order valence-corrected chi connectivity index (χ2v) is 4.33. The van der Waals surface area contributed by atoms with E-state index in [0.717, 1.165) is 19.0 Å². The monoisotopic (exact) mass is 237 g/mol. The molecule has 1 aromatic heterocycles. The van der Waals surface area contributed by atoms with E-state index < -0.39 is 16.6 Å². The van der Waals surface area contributed by atoms with Gasteiger partial charge in [0.05, 0.1) is 4.92 Å². The van der Waals surface area contributed by atoms with Crippen LogP contribution in [0.25, 0.3) is 0 Å². The molecule has 1 aliphatic carbocycles. The Balaban J connectivity index is 2.34. The Morgan fingerprint density at radius 1 is 1.65 bits per heavy atom. The molecule has 0 atom stereocenters. The average Bonchev–Trinajstić information content (AvgIpc) is 2.95. The molecule has 7 heteroatoms. The quantitative estimate of drug-likeness (QED) is 0.609. The summed E-state index contributed by atoms with van der Waals surface area (Å²) >= 11 is 0. The fraction of sp³-hybridized carbons (Fsp3) is 0.400. The van der Waals surface area contributed by atoms with Crippen molar-refractivity contribution in [2.24, 2.45) is 0 Å². The highest BCUT2D eigenvalue weighted by Gasteiger charge is 2.37. The van der Waals surface area contributed by atoms with E-state index in [9.17, 15) is 14.9 Å². The van der Waals surface area contributed by atoms with Crippen LogP contribution >= 0.6 is 0 Å². The van der Waals surface area contributed by atoms with Gasteiger partial charge in [0.2, 0.25) is 0 Å². The first-order valence-electron chi connectivity index (χ1n) is 5.07. The van der Waals surface area contributed by atoms with Crippen molar-refractivity contribution in [3.63, 3.8) is 0 Å². The van der Waals surface area contributed by atoms with Gasteiger partial charge in [0.15, 0.2) is 0 Å². The molecular formula is C10H11N3O4. The third-order valence-electron chi connectivity index (χ3n) is 2.74. The minimum absolute atomic E-state index is 0.0566. The Kier molecular flexibility index (Phi) is 2.45. The Bertz CT molecular complexity index is 496. The summed E-state index contributed by atoms with van der Waals surface area (Å²) in [7, 11) is 0. The number of nitrogens with one attached hydrogen (secondary N) is 1. The molecule has 0 radical (unpaired) electrons. The summed E-state index contributed by atoms with van der Waals surface area (Å²) in [6.07, 6.45) is 2.93. The maximum absolute atomic E-state index is 10.9. The Labute approximate surface area is 96.6 Å². The van der Waals surface area contributed by atoms with Gasteiger partial charge in [-0.15, -0.1) is 0 Å². The van der Waals surface area contributed by atoms with Gasteiger partial charge < -0.3 is 10.4 Å². The zero-order chi connectivity index (χ0) is 12.6. The third kappa shape index (κ3) is 2.32.